The lowest BCUT2D eigenvalue weighted by Gasteiger charge is -2.48. The van der Waals surface area contributed by atoms with Crippen LogP contribution in [-0.4, -0.2) is 36.1 Å². The van der Waals surface area contributed by atoms with E-state index in [1.54, 1.807) is 0 Å². The molecule has 1 aliphatic heterocycles. The molecule has 0 aromatic carbocycles. The van der Waals surface area contributed by atoms with Gasteiger partial charge in [-0.2, -0.15) is 0 Å². The lowest BCUT2D eigenvalue weighted by molar-refractivity contribution is 0.0641. The summed E-state index contributed by atoms with van der Waals surface area (Å²) in [6.45, 7) is 10.9. The van der Waals surface area contributed by atoms with E-state index in [0.717, 1.165) is 12.0 Å². The van der Waals surface area contributed by atoms with Crippen molar-refractivity contribution in [2.75, 3.05) is 19.6 Å². The lowest BCUT2D eigenvalue weighted by Crippen LogP contribution is -2.64. The minimum absolute atomic E-state index is 0.402. The Bertz CT molecular complexity index is 231. The molecular formula is C15H30N2. The molecule has 0 bridgehead atoms. The standard InChI is InChI=1S/C15H30N2/c1-4-7-14-10-16-15(5-2,6-3)12-17(14)11-13-8-9-13/h13-14,16H,4-12H2,1-3H3. The van der Waals surface area contributed by atoms with Gasteiger partial charge in [-0.05, 0) is 38.0 Å². The zero-order valence-corrected chi connectivity index (χ0v) is 12.0. The van der Waals surface area contributed by atoms with Crippen LogP contribution in [0.1, 0.15) is 59.3 Å². The van der Waals surface area contributed by atoms with Gasteiger partial charge in [0.2, 0.25) is 0 Å². The molecule has 17 heavy (non-hydrogen) atoms. The molecule has 1 unspecified atom stereocenters. The fourth-order valence-electron chi connectivity index (χ4n) is 3.22. The summed E-state index contributed by atoms with van der Waals surface area (Å²) in [6.07, 6.45) is 8.18. The van der Waals surface area contributed by atoms with E-state index in [-0.39, 0.29) is 0 Å². The van der Waals surface area contributed by atoms with Crippen LogP contribution in [0.25, 0.3) is 0 Å². The van der Waals surface area contributed by atoms with Gasteiger partial charge >= 0.3 is 0 Å². The maximum absolute atomic E-state index is 3.85. The first kappa shape index (κ1) is 13.4. The molecule has 100 valence electrons. The van der Waals surface area contributed by atoms with Gasteiger partial charge in [-0.25, -0.2) is 0 Å². The molecule has 1 aliphatic carbocycles. The molecule has 0 radical (unpaired) electrons. The van der Waals surface area contributed by atoms with Crippen LogP contribution < -0.4 is 5.32 Å². The van der Waals surface area contributed by atoms with Gasteiger partial charge in [-0.15, -0.1) is 0 Å². The minimum atomic E-state index is 0.402. The van der Waals surface area contributed by atoms with E-state index in [2.05, 4.69) is 31.0 Å². The maximum atomic E-state index is 3.85. The quantitative estimate of drug-likeness (QED) is 0.765. The highest BCUT2D eigenvalue weighted by molar-refractivity contribution is 4.97. The second kappa shape index (κ2) is 5.71. The predicted molar refractivity (Wildman–Crippen MR) is 74.3 cm³/mol. The summed E-state index contributed by atoms with van der Waals surface area (Å²) in [5.74, 6) is 1.03. The molecule has 1 saturated carbocycles. The van der Waals surface area contributed by atoms with Crippen molar-refractivity contribution in [2.45, 2.75) is 70.9 Å². The fraction of sp³-hybridized carbons (Fsp3) is 1.00. The third kappa shape index (κ3) is 3.23. The van der Waals surface area contributed by atoms with Gasteiger partial charge in [0, 0.05) is 31.2 Å². The molecular weight excluding hydrogens is 208 g/mol. The molecule has 1 atom stereocenters. The van der Waals surface area contributed by atoms with E-state index in [1.165, 1.54) is 58.2 Å². The van der Waals surface area contributed by atoms with Gasteiger partial charge in [-0.3, -0.25) is 4.90 Å². The van der Waals surface area contributed by atoms with Crippen LogP contribution in [0.4, 0.5) is 0 Å². The molecule has 0 aromatic rings. The van der Waals surface area contributed by atoms with Crippen LogP contribution in [-0.2, 0) is 0 Å². The van der Waals surface area contributed by atoms with Gasteiger partial charge < -0.3 is 5.32 Å². The predicted octanol–water partition coefficient (Wildman–Crippen LogP) is 3.03. The van der Waals surface area contributed by atoms with Crippen LogP contribution in [0.3, 0.4) is 0 Å². The van der Waals surface area contributed by atoms with Crippen molar-refractivity contribution in [1.29, 1.82) is 0 Å². The van der Waals surface area contributed by atoms with Crippen molar-refractivity contribution in [3.05, 3.63) is 0 Å². The van der Waals surface area contributed by atoms with Crippen molar-refractivity contribution in [3.8, 4) is 0 Å². The molecule has 2 rings (SSSR count). The molecule has 0 aromatic heterocycles. The summed E-state index contributed by atoms with van der Waals surface area (Å²) in [5, 5.41) is 3.85. The Morgan fingerprint density at radius 1 is 1.18 bits per heavy atom. The van der Waals surface area contributed by atoms with Gasteiger partial charge in [0.05, 0.1) is 0 Å². The van der Waals surface area contributed by atoms with Gasteiger partial charge in [0.15, 0.2) is 0 Å². The summed E-state index contributed by atoms with van der Waals surface area (Å²) in [6, 6.07) is 0.798. The van der Waals surface area contributed by atoms with Crippen LogP contribution >= 0.6 is 0 Å². The summed E-state index contributed by atoms with van der Waals surface area (Å²) in [4.78, 5) is 2.81. The highest BCUT2D eigenvalue weighted by Gasteiger charge is 2.38. The molecule has 2 heteroatoms. The number of hydrogen-bond acceptors (Lipinski definition) is 2. The maximum Gasteiger partial charge on any atom is 0.0304 e. The van der Waals surface area contributed by atoms with Crippen LogP contribution in [0.2, 0.25) is 0 Å². The average Bonchev–Trinajstić information content (AvgIpc) is 3.16. The number of hydrogen-bond donors (Lipinski definition) is 1. The van der Waals surface area contributed by atoms with E-state index < -0.39 is 0 Å². The van der Waals surface area contributed by atoms with Crippen molar-refractivity contribution in [1.82, 2.24) is 10.2 Å². The van der Waals surface area contributed by atoms with Crippen molar-refractivity contribution in [3.63, 3.8) is 0 Å². The van der Waals surface area contributed by atoms with E-state index in [4.69, 9.17) is 0 Å². The Kier molecular flexibility index (Phi) is 4.48. The third-order valence-electron chi connectivity index (χ3n) is 4.90. The zero-order valence-electron chi connectivity index (χ0n) is 12.0. The van der Waals surface area contributed by atoms with Crippen molar-refractivity contribution in [2.24, 2.45) is 5.92 Å². The van der Waals surface area contributed by atoms with Crippen LogP contribution in [0.15, 0.2) is 0 Å². The minimum Gasteiger partial charge on any atom is -0.308 e. The number of nitrogens with one attached hydrogen (secondary N) is 1. The van der Waals surface area contributed by atoms with Crippen LogP contribution in [0, 0.1) is 5.92 Å². The molecule has 2 fully saturated rings. The second-order valence-corrected chi connectivity index (χ2v) is 6.18. The Labute approximate surface area is 107 Å². The first-order valence-electron chi connectivity index (χ1n) is 7.72. The first-order chi connectivity index (χ1) is 8.23. The Morgan fingerprint density at radius 3 is 2.41 bits per heavy atom. The molecule has 0 spiro atoms. The Balaban J connectivity index is 1.97. The fourth-order valence-corrected chi connectivity index (χ4v) is 3.22. The first-order valence-corrected chi connectivity index (χ1v) is 7.72. The zero-order chi connectivity index (χ0) is 12.3. The van der Waals surface area contributed by atoms with Crippen molar-refractivity contribution < 1.29 is 0 Å². The molecule has 2 aliphatic rings. The third-order valence-corrected chi connectivity index (χ3v) is 4.90. The van der Waals surface area contributed by atoms with E-state index in [9.17, 15) is 0 Å². The lowest BCUT2D eigenvalue weighted by atomic mass is 9.87. The van der Waals surface area contributed by atoms with Gasteiger partial charge in [-0.1, -0.05) is 27.2 Å². The molecule has 1 saturated heterocycles. The van der Waals surface area contributed by atoms with Gasteiger partial charge in [0.1, 0.15) is 0 Å². The summed E-state index contributed by atoms with van der Waals surface area (Å²) in [5.41, 5.74) is 0.402. The normalized spacial score (nSPS) is 29.5. The molecule has 0 amide bonds. The Morgan fingerprint density at radius 2 is 1.88 bits per heavy atom. The summed E-state index contributed by atoms with van der Waals surface area (Å²) >= 11 is 0. The highest BCUT2D eigenvalue weighted by Crippen LogP contribution is 2.33. The van der Waals surface area contributed by atoms with Crippen LogP contribution in [0.5, 0.6) is 0 Å². The largest absolute Gasteiger partial charge is 0.308 e. The monoisotopic (exact) mass is 238 g/mol. The topological polar surface area (TPSA) is 15.3 Å². The van der Waals surface area contributed by atoms with Gasteiger partial charge in [0.25, 0.3) is 0 Å². The second-order valence-electron chi connectivity index (χ2n) is 6.18. The number of piperazine rings is 1. The molecule has 2 nitrogen and oxygen atoms in total. The van der Waals surface area contributed by atoms with Crippen molar-refractivity contribution >= 4 is 0 Å². The average molecular weight is 238 g/mol. The van der Waals surface area contributed by atoms with E-state index in [1.807, 2.05) is 0 Å². The summed E-state index contributed by atoms with van der Waals surface area (Å²) in [7, 11) is 0. The highest BCUT2D eigenvalue weighted by atomic mass is 15.3. The Hall–Kier alpha value is -0.0800. The van der Waals surface area contributed by atoms with E-state index in [0.29, 0.717) is 5.54 Å². The SMILES string of the molecule is CCCC1CNC(CC)(CC)CN1CC1CC1. The number of nitrogens with zero attached hydrogens (tertiary/aromatic N) is 1. The smallest absolute Gasteiger partial charge is 0.0304 e. The molecule has 1 heterocycles. The number of rotatable bonds is 6. The van der Waals surface area contributed by atoms with E-state index >= 15 is 0 Å². The summed E-state index contributed by atoms with van der Waals surface area (Å²) < 4.78 is 0. The molecule has 1 N–H and O–H groups in total.